The largest absolute Gasteiger partial charge is 0.325 e. The highest BCUT2D eigenvalue weighted by Crippen LogP contribution is 2.31. The summed E-state index contributed by atoms with van der Waals surface area (Å²) in [6, 6.07) is 7.41. The van der Waals surface area contributed by atoms with Crippen LogP contribution in [-0.4, -0.2) is 11.3 Å². The molecule has 0 saturated heterocycles. The van der Waals surface area contributed by atoms with Gasteiger partial charge in [-0.2, -0.15) is 0 Å². The Hall–Kier alpha value is -0.860. The normalized spacial score (nSPS) is 12.6. The molecular weight excluding hydrogens is 234 g/mol. The van der Waals surface area contributed by atoms with E-state index in [9.17, 15) is 4.79 Å². The molecule has 17 heavy (non-hydrogen) atoms. The number of carbonyl (C=O) groups excluding carboxylic acids is 1. The lowest BCUT2D eigenvalue weighted by Crippen LogP contribution is -2.52. The number of hydrogen-bond acceptors (Lipinski definition) is 2. The van der Waals surface area contributed by atoms with Crippen LogP contribution in [0.4, 0.5) is 0 Å². The van der Waals surface area contributed by atoms with Crippen molar-refractivity contribution in [3.63, 3.8) is 0 Å². The van der Waals surface area contributed by atoms with Gasteiger partial charge in [0.05, 0.1) is 0 Å². The molecule has 1 rings (SSSR count). The van der Waals surface area contributed by atoms with E-state index < -0.39 is 11.0 Å². The predicted molar refractivity (Wildman–Crippen MR) is 72.2 cm³/mol. The molecule has 3 heteroatoms. The molecule has 0 unspecified atom stereocenters. The molecule has 0 saturated carbocycles. The van der Waals surface area contributed by atoms with Gasteiger partial charge < -0.3 is 5.73 Å². The van der Waals surface area contributed by atoms with Crippen molar-refractivity contribution in [2.24, 2.45) is 11.1 Å². The molecule has 0 atom stereocenters. The quantitative estimate of drug-likeness (QED) is 0.895. The molecule has 0 aliphatic rings. The molecule has 1 aromatic carbocycles. The van der Waals surface area contributed by atoms with Gasteiger partial charge >= 0.3 is 0 Å². The van der Waals surface area contributed by atoms with Crippen molar-refractivity contribution in [1.82, 2.24) is 0 Å². The molecule has 0 radical (unpaired) electrons. The summed E-state index contributed by atoms with van der Waals surface area (Å²) < 4.78 is 0. The van der Waals surface area contributed by atoms with Crippen molar-refractivity contribution < 1.29 is 4.79 Å². The van der Waals surface area contributed by atoms with Crippen LogP contribution < -0.4 is 5.73 Å². The molecule has 0 bridgehead atoms. The van der Waals surface area contributed by atoms with Gasteiger partial charge in [-0.15, -0.1) is 0 Å². The Balaban J connectivity index is 2.91. The first-order valence-electron chi connectivity index (χ1n) is 5.72. The van der Waals surface area contributed by atoms with Crippen molar-refractivity contribution in [3.8, 4) is 0 Å². The van der Waals surface area contributed by atoms with Gasteiger partial charge in [0.2, 0.25) is 0 Å². The average Bonchev–Trinajstić information content (AvgIpc) is 2.19. The molecule has 94 valence electrons. The molecule has 0 aliphatic heterocycles. The van der Waals surface area contributed by atoms with Crippen LogP contribution in [-0.2, 0) is 11.2 Å². The fourth-order valence-electron chi connectivity index (χ4n) is 1.40. The molecule has 0 aromatic heterocycles. The predicted octanol–water partition coefficient (Wildman–Crippen LogP) is 3.22. The first-order chi connectivity index (χ1) is 7.66. The summed E-state index contributed by atoms with van der Waals surface area (Å²) in [5.74, 6) is 0.109. The zero-order valence-electron chi connectivity index (χ0n) is 10.9. The zero-order chi connectivity index (χ0) is 13.3. The van der Waals surface area contributed by atoms with Crippen LogP contribution in [0.5, 0.6) is 0 Å². The lowest BCUT2D eigenvalue weighted by atomic mass is 9.71. The molecule has 2 nitrogen and oxygen atoms in total. The Morgan fingerprint density at radius 2 is 1.76 bits per heavy atom. The lowest BCUT2D eigenvalue weighted by molar-refractivity contribution is -0.129. The van der Waals surface area contributed by atoms with Crippen LogP contribution in [0.2, 0.25) is 5.02 Å². The SMILES string of the molecule is CC(C)(N)C(C)(C)C(=O)Cc1ccccc1Cl. The number of hydrogen-bond donors (Lipinski definition) is 1. The van der Waals surface area contributed by atoms with Gasteiger partial charge in [-0.25, -0.2) is 0 Å². The van der Waals surface area contributed by atoms with E-state index in [1.165, 1.54) is 0 Å². The Morgan fingerprint density at radius 3 is 2.24 bits per heavy atom. The summed E-state index contributed by atoms with van der Waals surface area (Å²) >= 11 is 6.05. The van der Waals surface area contributed by atoms with Gasteiger partial charge in [-0.05, 0) is 25.5 Å². The third kappa shape index (κ3) is 3.08. The summed E-state index contributed by atoms with van der Waals surface area (Å²) in [4.78, 5) is 12.3. The zero-order valence-corrected chi connectivity index (χ0v) is 11.6. The van der Waals surface area contributed by atoms with Gasteiger partial charge in [-0.1, -0.05) is 43.6 Å². The fourth-order valence-corrected chi connectivity index (χ4v) is 1.60. The maximum Gasteiger partial charge on any atom is 0.144 e. The van der Waals surface area contributed by atoms with Crippen LogP contribution in [0.1, 0.15) is 33.3 Å². The van der Waals surface area contributed by atoms with Crippen molar-refractivity contribution in [2.75, 3.05) is 0 Å². The van der Waals surface area contributed by atoms with E-state index in [1.807, 2.05) is 45.9 Å². The van der Waals surface area contributed by atoms with Crippen LogP contribution >= 0.6 is 11.6 Å². The summed E-state index contributed by atoms with van der Waals surface area (Å²) in [6.07, 6.45) is 0.327. The standard InChI is InChI=1S/C14H20ClNO/c1-13(2,14(3,4)16)12(17)9-10-7-5-6-8-11(10)15/h5-8H,9,16H2,1-4H3. The summed E-state index contributed by atoms with van der Waals surface area (Å²) in [7, 11) is 0. The fraction of sp³-hybridized carbons (Fsp3) is 0.500. The highest BCUT2D eigenvalue weighted by atomic mass is 35.5. The third-order valence-corrected chi connectivity index (χ3v) is 3.99. The average molecular weight is 254 g/mol. The van der Waals surface area contributed by atoms with E-state index in [1.54, 1.807) is 6.07 Å². The van der Waals surface area contributed by atoms with E-state index in [-0.39, 0.29) is 5.78 Å². The number of ketones is 1. The third-order valence-electron chi connectivity index (χ3n) is 3.62. The number of rotatable bonds is 4. The first kappa shape index (κ1) is 14.2. The highest BCUT2D eigenvalue weighted by molar-refractivity contribution is 6.31. The Morgan fingerprint density at radius 1 is 1.24 bits per heavy atom. The number of halogens is 1. The van der Waals surface area contributed by atoms with Crippen molar-refractivity contribution in [3.05, 3.63) is 34.9 Å². The van der Waals surface area contributed by atoms with Crippen LogP contribution in [0.3, 0.4) is 0 Å². The van der Waals surface area contributed by atoms with Crippen molar-refractivity contribution >= 4 is 17.4 Å². The van der Waals surface area contributed by atoms with Crippen molar-refractivity contribution in [1.29, 1.82) is 0 Å². The highest BCUT2D eigenvalue weighted by Gasteiger charge is 2.39. The minimum absolute atomic E-state index is 0.109. The second-order valence-corrected chi connectivity index (χ2v) is 5.95. The summed E-state index contributed by atoms with van der Waals surface area (Å²) in [6.45, 7) is 7.51. The topological polar surface area (TPSA) is 43.1 Å². The van der Waals surface area contributed by atoms with Crippen LogP contribution in [0.15, 0.2) is 24.3 Å². The smallest absolute Gasteiger partial charge is 0.144 e. The van der Waals surface area contributed by atoms with E-state index in [0.29, 0.717) is 11.4 Å². The summed E-state index contributed by atoms with van der Waals surface area (Å²) in [5, 5.41) is 0.631. The maximum atomic E-state index is 12.3. The van der Waals surface area contributed by atoms with E-state index in [4.69, 9.17) is 17.3 Å². The number of carbonyl (C=O) groups is 1. The van der Waals surface area contributed by atoms with Gasteiger partial charge in [0, 0.05) is 22.4 Å². The molecule has 2 N–H and O–H groups in total. The molecular formula is C14H20ClNO. The number of benzene rings is 1. The van der Waals surface area contributed by atoms with Crippen LogP contribution in [0, 0.1) is 5.41 Å². The molecule has 1 aromatic rings. The van der Waals surface area contributed by atoms with Gasteiger partial charge in [-0.3, -0.25) is 4.79 Å². The summed E-state index contributed by atoms with van der Waals surface area (Å²) in [5.41, 5.74) is 5.78. The maximum absolute atomic E-state index is 12.3. The molecule has 0 heterocycles. The molecule has 0 fully saturated rings. The van der Waals surface area contributed by atoms with Gasteiger partial charge in [0.25, 0.3) is 0 Å². The second-order valence-electron chi connectivity index (χ2n) is 5.54. The number of nitrogens with two attached hydrogens (primary N) is 1. The molecule has 0 amide bonds. The minimum atomic E-state index is -0.577. The van der Waals surface area contributed by atoms with E-state index >= 15 is 0 Å². The van der Waals surface area contributed by atoms with E-state index in [0.717, 1.165) is 5.56 Å². The number of Topliss-reactive ketones (excluding diaryl/α,β-unsaturated/α-hetero) is 1. The first-order valence-corrected chi connectivity index (χ1v) is 6.09. The monoisotopic (exact) mass is 253 g/mol. The Kier molecular flexibility index (Phi) is 4.00. The molecule has 0 spiro atoms. The Bertz CT molecular complexity index is 418. The van der Waals surface area contributed by atoms with E-state index in [2.05, 4.69) is 0 Å². The lowest BCUT2D eigenvalue weighted by Gasteiger charge is -2.37. The van der Waals surface area contributed by atoms with Crippen molar-refractivity contribution in [2.45, 2.75) is 39.7 Å². The van der Waals surface area contributed by atoms with Gasteiger partial charge in [0.15, 0.2) is 0 Å². The minimum Gasteiger partial charge on any atom is -0.325 e. The Labute approximate surface area is 108 Å². The molecule has 0 aliphatic carbocycles. The second kappa shape index (κ2) is 4.79. The van der Waals surface area contributed by atoms with Gasteiger partial charge in [0.1, 0.15) is 5.78 Å². The van der Waals surface area contributed by atoms with Crippen LogP contribution in [0.25, 0.3) is 0 Å².